The summed E-state index contributed by atoms with van der Waals surface area (Å²) < 4.78 is 24.5. The lowest BCUT2D eigenvalue weighted by atomic mass is 10.3. The molecular formula is C18H15ClNO3P. The fourth-order valence-electron chi connectivity index (χ4n) is 1.99. The summed E-state index contributed by atoms with van der Waals surface area (Å²) in [7, 11) is -3.69. The molecule has 0 aliphatic rings. The highest BCUT2D eigenvalue weighted by Gasteiger charge is 2.29. The molecule has 0 spiro atoms. The van der Waals surface area contributed by atoms with Crippen LogP contribution in [0.1, 0.15) is 0 Å². The van der Waals surface area contributed by atoms with Crippen LogP contribution in [0, 0.1) is 0 Å². The first-order valence-electron chi connectivity index (χ1n) is 7.26. The smallest absolute Gasteiger partial charge is 0.400 e. The highest BCUT2D eigenvalue weighted by atomic mass is 35.5. The second-order valence-corrected chi connectivity index (χ2v) is 6.94. The van der Waals surface area contributed by atoms with Crippen molar-refractivity contribution in [2.24, 2.45) is 0 Å². The summed E-state index contributed by atoms with van der Waals surface area (Å²) in [5, 5.41) is 3.42. The van der Waals surface area contributed by atoms with E-state index >= 15 is 0 Å². The Hall–Kier alpha value is -2.42. The van der Waals surface area contributed by atoms with Gasteiger partial charge in [-0.25, -0.2) is 4.57 Å². The maximum Gasteiger partial charge on any atom is 0.541 e. The van der Waals surface area contributed by atoms with Gasteiger partial charge in [0.1, 0.15) is 11.5 Å². The molecule has 0 aromatic heterocycles. The van der Waals surface area contributed by atoms with Gasteiger partial charge in [-0.3, -0.25) is 5.09 Å². The minimum Gasteiger partial charge on any atom is -0.400 e. The number of anilines is 1. The predicted molar refractivity (Wildman–Crippen MR) is 96.8 cm³/mol. The molecule has 0 aliphatic heterocycles. The van der Waals surface area contributed by atoms with Crippen LogP contribution in [0.15, 0.2) is 84.9 Å². The Bertz CT molecular complexity index is 780. The molecule has 4 nitrogen and oxygen atoms in total. The molecule has 0 amide bonds. The molecule has 0 unspecified atom stereocenters. The van der Waals surface area contributed by atoms with E-state index in [0.717, 1.165) is 0 Å². The lowest BCUT2D eigenvalue weighted by Gasteiger charge is -2.21. The van der Waals surface area contributed by atoms with Crippen LogP contribution in [0.2, 0.25) is 5.02 Å². The molecule has 24 heavy (non-hydrogen) atoms. The Morgan fingerprint density at radius 1 is 0.708 bits per heavy atom. The van der Waals surface area contributed by atoms with E-state index in [1.165, 1.54) is 0 Å². The zero-order valence-corrected chi connectivity index (χ0v) is 14.3. The van der Waals surface area contributed by atoms with Crippen molar-refractivity contribution in [3.63, 3.8) is 0 Å². The van der Waals surface area contributed by atoms with Crippen LogP contribution in [0.25, 0.3) is 0 Å². The second kappa shape index (κ2) is 7.43. The van der Waals surface area contributed by atoms with Gasteiger partial charge in [-0.05, 0) is 48.5 Å². The lowest BCUT2D eigenvalue weighted by molar-refractivity contribution is 0.393. The first-order valence-corrected chi connectivity index (χ1v) is 9.18. The van der Waals surface area contributed by atoms with Crippen molar-refractivity contribution < 1.29 is 13.6 Å². The average Bonchev–Trinajstić information content (AvgIpc) is 2.58. The van der Waals surface area contributed by atoms with Gasteiger partial charge in [0.2, 0.25) is 0 Å². The largest absolute Gasteiger partial charge is 0.541 e. The second-order valence-electron chi connectivity index (χ2n) is 4.92. The van der Waals surface area contributed by atoms with Crippen LogP contribution < -0.4 is 14.1 Å². The molecule has 0 saturated heterocycles. The molecule has 122 valence electrons. The normalized spacial score (nSPS) is 10.9. The van der Waals surface area contributed by atoms with E-state index in [9.17, 15) is 4.57 Å². The summed E-state index contributed by atoms with van der Waals surface area (Å²) in [6.45, 7) is 0. The molecule has 3 aromatic rings. The Morgan fingerprint density at radius 3 is 1.62 bits per heavy atom. The van der Waals surface area contributed by atoms with Crippen molar-refractivity contribution >= 4 is 25.0 Å². The van der Waals surface area contributed by atoms with Gasteiger partial charge in [0.25, 0.3) is 0 Å². The van der Waals surface area contributed by atoms with Gasteiger partial charge in [-0.2, -0.15) is 0 Å². The fraction of sp³-hybridized carbons (Fsp3) is 0. The van der Waals surface area contributed by atoms with Gasteiger partial charge in [0.15, 0.2) is 0 Å². The Balaban J connectivity index is 1.87. The third-order valence-corrected chi connectivity index (χ3v) is 4.73. The van der Waals surface area contributed by atoms with Crippen molar-refractivity contribution in [1.82, 2.24) is 0 Å². The number of nitrogens with one attached hydrogen (secondary N) is 1. The van der Waals surface area contributed by atoms with Crippen molar-refractivity contribution in [3.8, 4) is 11.5 Å². The van der Waals surface area contributed by atoms with Crippen molar-refractivity contribution in [2.45, 2.75) is 0 Å². The first kappa shape index (κ1) is 16.4. The van der Waals surface area contributed by atoms with Gasteiger partial charge in [-0.1, -0.05) is 48.0 Å². The molecule has 0 fully saturated rings. The molecule has 0 atom stereocenters. The summed E-state index contributed by atoms with van der Waals surface area (Å²) in [5.41, 5.74) is 0.578. The molecule has 0 heterocycles. The van der Waals surface area contributed by atoms with Crippen LogP contribution in [-0.4, -0.2) is 0 Å². The zero-order chi connectivity index (χ0) is 16.8. The molecule has 3 rings (SSSR count). The SMILES string of the molecule is O=P(Nc1ccc(Cl)cc1)(Oc1ccccc1)Oc1ccccc1. The van der Waals surface area contributed by atoms with Gasteiger partial charge in [0.05, 0.1) is 0 Å². The monoisotopic (exact) mass is 359 g/mol. The quantitative estimate of drug-likeness (QED) is 0.547. The standard InChI is InChI=1S/C18H15ClNO3P/c19-15-11-13-16(14-12-15)20-24(21,22-17-7-3-1-4-8-17)23-18-9-5-2-6-10-18/h1-14H,(H,20,21). The minimum atomic E-state index is -3.69. The topological polar surface area (TPSA) is 47.6 Å². The number of hydrogen-bond acceptors (Lipinski definition) is 3. The van der Waals surface area contributed by atoms with E-state index in [0.29, 0.717) is 22.2 Å². The van der Waals surface area contributed by atoms with Crippen LogP contribution in [0.5, 0.6) is 11.5 Å². The van der Waals surface area contributed by atoms with Crippen LogP contribution in [-0.2, 0) is 4.57 Å². The summed E-state index contributed by atoms with van der Waals surface area (Å²) in [4.78, 5) is 0. The maximum absolute atomic E-state index is 13.2. The molecule has 0 aliphatic carbocycles. The highest BCUT2D eigenvalue weighted by Crippen LogP contribution is 2.48. The first-order chi connectivity index (χ1) is 11.6. The van der Waals surface area contributed by atoms with Gasteiger partial charge in [0, 0.05) is 10.7 Å². The number of rotatable bonds is 6. The minimum absolute atomic E-state index is 0.443. The predicted octanol–water partition coefficient (Wildman–Crippen LogP) is 6.02. The van der Waals surface area contributed by atoms with Crippen LogP contribution >= 0.6 is 19.3 Å². The zero-order valence-electron chi connectivity index (χ0n) is 12.6. The van der Waals surface area contributed by atoms with Gasteiger partial charge < -0.3 is 9.05 Å². The Morgan fingerprint density at radius 2 is 1.17 bits per heavy atom. The number of para-hydroxylation sites is 2. The van der Waals surface area contributed by atoms with E-state index in [1.54, 1.807) is 72.8 Å². The summed E-state index contributed by atoms with van der Waals surface area (Å²) >= 11 is 5.88. The molecule has 0 bridgehead atoms. The molecule has 1 N–H and O–H groups in total. The van der Waals surface area contributed by atoms with E-state index in [2.05, 4.69) is 5.09 Å². The van der Waals surface area contributed by atoms with E-state index in [4.69, 9.17) is 20.6 Å². The van der Waals surface area contributed by atoms with Crippen LogP contribution in [0.3, 0.4) is 0 Å². The number of halogens is 1. The van der Waals surface area contributed by atoms with E-state index < -0.39 is 7.75 Å². The third-order valence-electron chi connectivity index (χ3n) is 3.05. The average molecular weight is 360 g/mol. The summed E-state index contributed by atoms with van der Waals surface area (Å²) in [5.74, 6) is 0.886. The van der Waals surface area contributed by atoms with Crippen LogP contribution in [0.4, 0.5) is 5.69 Å². The van der Waals surface area contributed by atoms with Gasteiger partial charge >= 0.3 is 7.75 Å². The summed E-state index contributed by atoms with van der Waals surface area (Å²) in [6.07, 6.45) is 0. The molecule has 0 radical (unpaired) electrons. The maximum atomic E-state index is 13.2. The van der Waals surface area contributed by atoms with Crippen molar-refractivity contribution in [2.75, 3.05) is 5.09 Å². The molecule has 6 heteroatoms. The van der Waals surface area contributed by atoms with E-state index in [1.807, 2.05) is 12.1 Å². The Kier molecular flexibility index (Phi) is 5.09. The van der Waals surface area contributed by atoms with Gasteiger partial charge in [-0.15, -0.1) is 0 Å². The fourth-order valence-corrected chi connectivity index (χ4v) is 3.51. The van der Waals surface area contributed by atoms with E-state index in [-0.39, 0.29) is 0 Å². The number of hydrogen-bond donors (Lipinski definition) is 1. The lowest BCUT2D eigenvalue weighted by Crippen LogP contribution is -2.09. The molecule has 3 aromatic carbocycles. The number of benzene rings is 3. The third kappa shape index (κ3) is 4.54. The Labute approximate surface area is 145 Å². The van der Waals surface area contributed by atoms with Crippen molar-refractivity contribution in [1.29, 1.82) is 0 Å². The molecule has 0 saturated carbocycles. The summed E-state index contributed by atoms with van der Waals surface area (Å²) in [6, 6.07) is 24.5. The highest BCUT2D eigenvalue weighted by molar-refractivity contribution is 7.56. The van der Waals surface area contributed by atoms with Crippen molar-refractivity contribution in [3.05, 3.63) is 90.0 Å². The molecular weight excluding hydrogens is 345 g/mol.